The highest BCUT2D eigenvalue weighted by Crippen LogP contribution is 2.50. The van der Waals surface area contributed by atoms with Gasteiger partial charge in [0.1, 0.15) is 34.9 Å². The van der Waals surface area contributed by atoms with Gasteiger partial charge in [-0.25, -0.2) is 4.79 Å². The lowest BCUT2D eigenvalue weighted by Crippen LogP contribution is -2.30. The molecule has 0 saturated heterocycles. The van der Waals surface area contributed by atoms with Gasteiger partial charge in [0, 0.05) is 41.3 Å². The molecule has 5 aromatic carbocycles. The molecule has 0 spiro atoms. The number of carbonyl (C=O) groups is 1. The molecule has 0 aromatic heterocycles. The summed E-state index contributed by atoms with van der Waals surface area (Å²) in [5.74, 6) is -8.28. The van der Waals surface area contributed by atoms with Gasteiger partial charge in [0.15, 0.2) is 46.7 Å². The van der Waals surface area contributed by atoms with Crippen molar-refractivity contribution >= 4 is 16.7 Å². The monoisotopic (exact) mass is 716 g/mol. The number of phenols is 9. The van der Waals surface area contributed by atoms with Crippen molar-refractivity contribution in [2.24, 2.45) is 0 Å². The number of hydrogen-bond donors (Lipinski definition) is 11. The first-order chi connectivity index (χ1) is 24.6. The first-order valence-electron chi connectivity index (χ1n) is 15.4. The van der Waals surface area contributed by atoms with Crippen molar-refractivity contribution in [2.75, 3.05) is 0 Å². The van der Waals surface area contributed by atoms with Crippen LogP contribution in [0.2, 0.25) is 0 Å². The van der Waals surface area contributed by atoms with Gasteiger partial charge < -0.3 is 70.4 Å². The van der Waals surface area contributed by atoms with Crippen LogP contribution in [-0.4, -0.2) is 68.2 Å². The lowest BCUT2D eigenvalue weighted by atomic mass is 9.89. The molecule has 2 aliphatic rings. The second-order valence-electron chi connectivity index (χ2n) is 12.3. The van der Waals surface area contributed by atoms with E-state index >= 15 is 0 Å². The van der Waals surface area contributed by atoms with Crippen LogP contribution in [-0.2, 0) is 22.5 Å². The second-order valence-corrected chi connectivity index (χ2v) is 12.3. The number of hydrogen-bond acceptors (Lipinski definition) is 16. The molecule has 0 unspecified atom stereocenters. The smallest absolute Gasteiger partial charge is 0.339 e. The third-order valence-electron chi connectivity index (χ3n) is 8.99. The zero-order valence-corrected chi connectivity index (χ0v) is 26.4. The van der Waals surface area contributed by atoms with Gasteiger partial charge in [0.25, 0.3) is 0 Å². The molecule has 0 radical (unpaired) electrons. The van der Waals surface area contributed by atoms with Crippen molar-refractivity contribution in [1.29, 1.82) is 0 Å². The van der Waals surface area contributed by atoms with Gasteiger partial charge in [-0.3, -0.25) is 4.79 Å². The minimum absolute atomic E-state index is 0.0385. The SMILES string of the molecule is O=C(O[C@@H]1c2c(O)cc(O)cc2CO[C@@H]1c1cc(O)c(=O)c2c(O)c(O)cc([C@@H]3Oc4cc(O)cc(O)c4C[C@H]3O)c2c1)c1cc(O)c(O)c(O)c1. The molecule has 2 aliphatic heterocycles. The highest BCUT2D eigenvalue weighted by Gasteiger charge is 2.40. The van der Waals surface area contributed by atoms with Crippen molar-refractivity contribution < 1.29 is 75.2 Å². The van der Waals surface area contributed by atoms with Crippen molar-refractivity contribution in [3.8, 4) is 63.2 Å². The average Bonchev–Trinajstić information content (AvgIpc) is 3.20. The number of aliphatic hydroxyl groups is 1. The van der Waals surface area contributed by atoms with Gasteiger partial charge in [0.2, 0.25) is 5.43 Å². The van der Waals surface area contributed by atoms with Crippen molar-refractivity contribution in [2.45, 2.75) is 37.4 Å². The Morgan fingerprint density at radius 3 is 2.06 bits per heavy atom. The molecule has 52 heavy (non-hydrogen) atoms. The summed E-state index contributed by atoms with van der Waals surface area (Å²) in [7, 11) is 0. The third kappa shape index (κ3) is 5.51. The number of phenolic OH excluding ortho intramolecular Hbond substituents is 9. The summed E-state index contributed by atoms with van der Waals surface area (Å²) in [6, 6.07) is 9.17. The molecule has 5 aromatic rings. The highest BCUT2D eigenvalue weighted by molar-refractivity contribution is 5.94. The fourth-order valence-corrected chi connectivity index (χ4v) is 6.61. The van der Waals surface area contributed by atoms with Gasteiger partial charge in [-0.2, -0.15) is 0 Å². The number of aliphatic hydroxyl groups excluding tert-OH is 1. The van der Waals surface area contributed by atoms with E-state index in [1.807, 2.05) is 0 Å². The van der Waals surface area contributed by atoms with E-state index in [-0.39, 0.29) is 69.2 Å². The third-order valence-corrected chi connectivity index (χ3v) is 8.99. The predicted molar refractivity (Wildman–Crippen MR) is 175 cm³/mol. The average molecular weight is 717 g/mol. The Hall–Kier alpha value is -6.78. The summed E-state index contributed by atoms with van der Waals surface area (Å²) in [5.41, 5.74) is -1.62. The molecule has 7 rings (SSSR count). The number of esters is 1. The summed E-state index contributed by atoms with van der Waals surface area (Å²) in [6.07, 6.45) is -6.22. The predicted octanol–water partition coefficient (Wildman–Crippen LogP) is 3.46. The normalized spacial score (nSPS) is 19.3. The molecule has 0 saturated carbocycles. The molecular weight excluding hydrogens is 688 g/mol. The fourth-order valence-electron chi connectivity index (χ4n) is 6.61. The number of aromatic hydroxyl groups is 10. The topological polar surface area (TPSA) is 284 Å². The van der Waals surface area contributed by atoms with Crippen LogP contribution in [0.25, 0.3) is 10.8 Å². The summed E-state index contributed by atoms with van der Waals surface area (Å²) < 4.78 is 17.7. The second kappa shape index (κ2) is 12.2. The van der Waals surface area contributed by atoms with Crippen LogP contribution in [0.5, 0.6) is 63.2 Å². The molecule has 0 bridgehead atoms. The van der Waals surface area contributed by atoms with E-state index in [1.54, 1.807) is 0 Å². The Labute approximate surface area is 290 Å². The van der Waals surface area contributed by atoms with Crippen LogP contribution in [0, 0.1) is 0 Å². The zero-order valence-electron chi connectivity index (χ0n) is 26.4. The van der Waals surface area contributed by atoms with E-state index in [0.717, 1.165) is 36.4 Å². The lowest BCUT2D eigenvalue weighted by Gasteiger charge is -2.34. The minimum Gasteiger partial charge on any atom is -0.508 e. The van der Waals surface area contributed by atoms with Crippen molar-refractivity contribution in [3.05, 3.63) is 98.2 Å². The Morgan fingerprint density at radius 2 is 1.35 bits per heavy atom. The number of carbonyl (C=O) groups excluding carboxylic acids is 1. The lowest BCUT2D eigenvalue weighted by molar-refractivity contribution is -0.0777. The molecule has 268 valence electrons. The van der Waals surface area contributed by atoms with Crippen LogP contribution in [0.1, 0.15) is 56.5 Å². The molecular formula is C36H28O16. The van der Waals surface area contributed by atoms with Crippen molar-refractivity contribution in [1.82, 2.24) is 0 Å². The molecule has 16 nitrogen and oxygen atoms in total. The first kappa shape index (κ1) is 33.7. The molecule has 0 aliphatic carbocycles. The maximum Gasteiger partial charge on any atom is 0.339 e. The number of rotatable bonds is 4. The fraction of sp³-hybridized carbons (Fsp3) is 0.167. The van der Waals surface area contributed by atoms with Gasteiger partial charge in [-0.15, -0.1) is 0 Å². The Kier molecular flexibility index (Phi) is 7.92. The molecule has 0 fully saturated rings. The van der Waals surface area contributed by atoms with E-state index in [2.05, 4.69) is 0 Å². The highest BCUT2D eigenvalue weighted by atomic mass is 16.6. The number of benzene rings is 4. The first-order valence-corrected chi connectivity index (χ1v) is 15.4. The molecule has 4 atom stereocenters. The zero-order chi connectivity index (χ0) is 37.3. The largest absolute Gasteiger partial charge is 0.508 e. The van der Waals surface area contributed by atoms with Gasteiger partial charge in [-0.1, -0.05) is 0 Å². The number of ether oxygens (including phenoxy) is 3. The Balaban J connectivity index is 1.42. The van der Waals surface area contributed by atoms with E-state index in [9.17, 15) is 65.8 Å². The van der Waals surface area contributed by atoms with E-state index in [4.69, 9.17) is 14.2 Å². The van der Waals surface area contributed by atoms with E-state index in [1.165, 1.54) is 18.2 Å². The van der Waals surface area contributed by atoms with Crippen LogP contribution < -0.4 is 10.2 Å². The van der Waals surface area contributed by atoms with Crippen molar-refractivity contribution in [3.63, 3.8) is 0 Å². The number of fused-ring (bicyclic) bond motifs is 3. The van der Waals surface area contributed by atoms with E-state index < -0.39 is 87.0 Å². The Morgan fingerprint density at radius 1 is 0.692 bits per heavy atom. The summed E-state index contributed by atoms with van der Waals surface area (Å²) >= 11 is 0. The van der Waals surface area contributed by atoms with Gasteiger partial charge >= 0.3 is 5.97 Å². The van der Waals surface area contributed by atoms with Crippen LogP contribution in [0.15, 0.2) is 59.4 Å². The van der Waals surface area contributed by atoms with Crippen LogP contribution in [0.3, 0.4) is 0 Å². The standard InChI is InChI=1S/C36H28O16/c37-15-1-14-11-50-33(35(28(14)21(40)7-15)52-36(49)13-4-22(41)30(46)23(42)5-13)12-2-17-18(9-25(44)32(48)29(17)31(47)24(43)3-12)34-26(45)10-19-20(39)6-16(38)8-27(19)51-34/h1-9,26,33-35,37-42,44-46,48H,10-11H2,(H,43,47)/t26-,33-,34+,35-/m1/s1. The molecule has 16 heteroatoms. The van der Waals surface area contributed by atoms with Crippen LogP contribution >= 0.6 is 0 Å². The maximum atomic E-state index is 13.6. The summed E-state index contributed by atoms with van der Waals surface area (Å²) in [4.78, 5) is 27.1. The van der Waals surface area contributed by atoms with E-state index in [0.29, 0.717) is 0 Å². The molecule has 0 amide bonds. The Bertz CT molecular complexity index is 2370. The quantitative estimate of drug-likeness (QED) is 0.0938. The molecule has 2 heterocycles. The molecule has 11 N–H and O–H groups in total. The maximum absolute atomic E-state index is 13.6. The van der Waals surface area contributed by atoms with Gasteiger partial charge in [0.05, 0.1) is 23.7 Å². The minimum atomic E-state index is -1.65. The van der Waals surface area contributed by atoms with Gasteiger partial charge in [-0.05, 0) is 52.9 Å². The van der Waals surface area contributed by atoms with Crippen LogP contribution in [0.4, 0.5) is 0 Å². The summed E-state index contributed by atoms with van der Waals surface area (Å²) in [5, 5.41) is 114. The summed E-state index contributed by atoms with van der Waals surface area (Å²) in [6.45, 7) is -0.328.